The summed E-state index contributed by atoms with van der Waals surface area (Å²) >= 11 is 0. The van der Waals surface area contributed by atoms with E-state index >= 15 is 0 Å². The van der Waals surface area contributed by atoms with Crippen molar-refractivity contribution < 1.29 is 13.2 Å². The van der Waals surface area contributed by atoms with Crippen molar-refractivity contribution in [2.75, 3.05) is 19.7 Å². The molecule has 0 amide bonds. The van der Waals surface area contributed by atoms with Gasteiger partial charge in [-0.2, -0.15) is 4.31 Å². The van der Waals surface area contributed by atoms with Crippen LogP contribution in [-0.2, 0) is 10.0 Å². The fourth-order valence-corrected chi connectivity index (χ4v) is 4.64. The van der Waals surface area contributed by atoms with E-state index in [2.05, 4.69) is 4.98 Å². The lowest BCUT2D eigenvalue weighted by molar-refractivity contribution is 0.319. The number of nitrogens with one attached hydrogen (secondary N) is 1. The van der Waals surface area contributed by atoms with Gasteiger partial charge in [-0.05, 0) is 61.6 Å². The maximum Gasteiger partial charge on any atom is 0.248 e. The zero-order valence-corrected chi connectivity index (χ0v) is 15.0. The van der Waals surface area contributed by atoms with Crippen LogP contribution in [0.2, 0.25) is 0 Å². The van der Waals surface area contributed by atoms with Gasteiger partial charge in [0.15, 0.2) is 0 Å². The average molecular weight is 362 g/mol. The van der Waals surface area contributed by atoms with Crippen molar-refractivity contribution in [3.8, 4) is 5.75 Å². The summed E-state index contributed by atoms with van der Waals surface area (Å²) in [5.74, 6) is 0.878. The molecule has 0 unspecified atom stereocenters. The minimum Gasteiger partial charge on any atom is -0.494 e. The van der Waals surface area contributed by atoms with Crippen molar-refractivity contribution in [1.29, 1.82) is 0 Å². The summed E-state index contributed by atoms with van der Waals surface area (Å²) in [5, 5.41) is 0. The van der Waals surface area contributed by atoms with Crippen LogP contribution in [0, 0.1) is 0 Å². The van der Waals surface area contributed by atoms with Gasteiger partial charge in [0.2, 0.25) is 15.6 Å². The number of benzene rings is 1. The highest BCUT2D eigenvalue weighted by molar-refractivity contribution is 7.89. The van der Waals surface area contributed by atoms with Gasteiger partial charge < -0.3 is 9.72 Å². The Morgan fingerprint density at radius 3 is 2.44 bits per heavy atom. The Kier molecular flexibility index (Phi) is 5.24. The van der Waals surface area contributed by atoms with Crippen molar-refractivity contribution in [2.45, 2.75) is 30.6 Å². The summed E-state index contributed by atoms with van der Waals surface area (Å²) in [5.41, 5.74) is 0.851. The molecule has 0 bridgehead atoms. The molecule has 6 nitrogen and oxygen atoms in total. The molecule has 1 aliphatic heterocycles. The molecular formula is C18H22N2O4S. The Labute approximate surface area is 147 Å². The molecule has 1 N–H and O–H groups in total. The fraction of sp³-hybridized carbons (Fsp3) is 0.389. The lowest BCUT2D eigenvalue weighted by atomic mass is 9.91. The van der Waals surface area contributed by atoms with Crippen molar-refractivity contribution in [1.82, 2.24) is 9.29 Å². The lowest BCUT2D eigenvalue weighted by Crippen LogP contribution is -2.38. The average Bonchev–Trinajstić information content (AvgIpc) is 2.63. The smallest absolute Gasteiger partial charge is 0.248 e. The molecule has 7 heteroatoms. The maximum absolute atomic E-state index is 12.8. The van der Waals surface area contributed by atoms with Crippen LogP contribution >= 0.6 is 0 Å². The van der Waals surface area contributed by atoms with E-state index in [0.29, 0.717) is 38.3 Å². The first-order valence-corrected chi connectivity index (χ1v) is 9.86. The third-order valence-corrected chi connectivity index (χ3v) is 6.41. The number of H-pyrrole nitrogens is 1. The van der Waals surface area contributed by atoms with Gasteiger partial charge in [0.25, 0.3) is 0 Å². The molecule has 1 saturated heterocycles. The van der Waals surface area contributed by atoms with E-state index in [1.165, 1.54) is 4.31 Å². The number of ether oxygens (including phenoxy) is 1. The first-order valence-electron chi connectivity index (χ1n) is 8.42. The van der Waals surface area contributed by atoms with Gasteiger partial charge in [-0.25, -0.2) is 8.42 Å². The number of pyridine rings is 1. The third-order valence-electron chi connectivity index (χ3n) is 4.50. The number of nitrogens with zero attached hydrogens (tertiary/aromatic N) is 1. The van der Waals surface area contributed by atoms with E-state index in [1.807, 2.05) is 13.0 Å². The van der Waals surface area contributed by atoms with Gasteiger partial charge in [0.05, 0.1) is 11.5 Å². The predicted molar refractivity (Wildman–Crippen MR) is 95.4 cm³/mol. The Bertz CT molecular complexity index is 866. The summed E-state index contributed by atoms with van der Waals surface area (Å²) in [6.07, 6.45) is 3.06. The number of piperidine rings is 1. The van der Waals surface area contributed by atoms with Gasteiger partial charge in [-0.1, -0.05) is 0 Å². The highest BCUT2D eigenvalue weighted by atomic mass is 32.2. The quantitative estimate of drug-likeness (QED) is 0.885. The molecule has 2 heterocycles. The topological polar surface area (TPSA) is 79.5 Å². The van der Waals surface area contributed by atoms with Crippen LogP contribution in [0.25, 0.3) is 0 Å². The van der Waals surface area contributed by atoms with Crippen LogP contribution in [0.1, 0.15) is 31.2 Å². The standard InChI is InChI=1S/C18H22N2O4S/c1-2-24-16-3-5-17(6-4-16)25(22,23)20-11-8-14(9-12-20)15-7-10-19-18(21)13-15/h3-7,10,13-14H,2,8-9,11-12H2,1H3,(H,19,21). The molecule has 0 saturated carbocycles. The van der Waals surface area contributed by atoms with E-state index in [1.54, 1.807) is 36.5 Å². The zero-order chi connectivity index (χ0) is 17.9. The van der Waals surface area contributed by atoms with E-state index < -0.39 is 10.0 Å². The SMILES string of the molecule is CCOc1ccc(S(=O)(=O)N2CCC(c3cc[nH]c(=O)c3)CC2)cc1. The summed E-state index contributed by atoms with van der Waals surface area (Å²) in [6.45, 7) is 3.33. The van der Waals surface area contributed by atoms with Gasteiger partial charge in [0, 0.05) is 25.4 Å². The summed E-state index contributed by atoms with van der Waals surface area (Å²) < 4.78 is 32.4. The molecule has 1 aliphatic rings. The molecule has 0 spiro atoms. The van der Waals surface area contributed by atoms with Crippen LogP contribution in [0.3, 0.4) is 0 Å². The van der Waals surface area contributed by atoms with Crippen LogP contribution in [-0.4, -0.2) is 37.4 Å². The Morgan fingerprint density at radius 2 is 1.84 bits per heavy atom. The minimum atomic E-state index is -3.50. The normalized spacial score (nSPS) is 16.7. The summed E-state index contributed by atoms with van der Waals surface area (Å²) in [4.78, 5) is 14.3. The van der Waals surface area contributed by atoms with Gasteiger partial charge in [-0.3, -0.25) is 4.79 Å². The van der Waals surface area contributed by atoms with Crippen LogP contribution in [0.4, 0.5) is 0 Å². The van der Waals surface area contributed by atoms with Crippen molar-refractivity contribution in [3.63, 3.8) is 0 Å². The van der Waals surface area contributed by atoms with Crippen molar-refractivity contribution in [3.05, 3.63) is 58.5 Å². The lowest BCUT2D eigenvalue weighted by Gasteiger charge is -2.31. The molecule has 0 atom stereocenters. The second-order valence-corrected chi connectivity index (χ2v) is 8.01. The molecule has 0 aliphatic carbocycles. The van der Waals surface area contributed by atoms with Crippen molar-refractivity contribution in [2.24, 2.45) is 0 Å². The number of rotatable bonds is 5. The number of hydrogen-bond acceptors (Lipinski definition) is 4. The molecule has 2 aromatic rings. The highest BCUT2D eigenvalue weighted by Gasteiger charge is 2.30. The van der Waals surface area contributed by atoms with Crippen LogP contribution in [0.15, 0.2) is 52.3 Å². The largest absolute Gasteiger partial charge is 0.494 e. The molecule has 0 radical (unpaired) electrons. The zero-order valence-electron chi connectivity index (χ0n) is 14.1. The van der Waals surface area contributed by atoms with E-state index in [9.17, 15) is 13.2 Å². The molecule has 25 heavy (non-hydrogen) atoms. The van der Waals surface area contributed by atoms with Gasteiger partial charge in [0.1, 0.15) is 5.75 Å². The minimum absolute atomic E-state index is 0.123. The first kappa shape index (κ1) is 17.7. The maximum atomic E-state index is 12.8. The second-order valence-electron chi connectivity index (χ2n) is 6.07. The first-order chi connectivity index (χ1) is 12.0. The number of sulfonamides is 1. The molecule has 1 aromatic heterocycles. The molecule has 3 rings (SSSR count). The second kappa shape index (κ2) is 7.41. The molecule has 134 valence electrons. The van der Waals surface area contributed by atoms with E-state index in [0.717, 1.165) is 5.56 Å². The molecular weight excluding hydrogens is 340 g/mol. The summed E-state index contributed by atoms with van der Waals surface area (Å²) in [7, 11) is -3.50. The predicted octanol–water partition coefficient (Wildman–Crippen LogP) is 2.34. The highest BCUT2D eigenvalue weighted by Crippen LogP contribution is 2.30. The van der Waals surface area contributed by atoms with Crippen LogP contribution in [0.5, 0.6) is 5.75 Å². The fourth-order valence-electron chi connectivity index (χ4n) is 3.17. The van der Waals surface area contributed by atoms with E-state index in [-0.39, 0.29) is 16.4 Å². The van der Waals surface area contributed by atoms with E-state index in [4.69, 9.17) is 4.74 Å². The number of aromatic amines is 1. The third kappa shape index (κ3) is 3.93. The monoisotopic (exact) mass is 362 g/mol. The number of hydrogen-bond donors (Lipinski definition) is 1. The van der Waals surface area contributed by atoms with Crippen LogP contribution < -0.4 is 10.3 Å². The Hall–Kier alpha value is -2.12. The molecule has 1 aromatic carbocycles. The Balaban J connectivity index is 1.69. The van der Waals surface area contributed by atoms with Crippen molar-refractivity contribution >= 4 is 10.0 Å². The van der Waals surface area contributed by atoms with Gasteiger partial charge in [-0.15, -0.1) is 0 Å². The molecule has 1 fully saturated rings. The summed E-state index contributed by atoms with van der Waals surface area (Å²) in [6, 6.07) is 10.0. The van der Waals surface area contributed by atoms with Gasteiger partial charge >= 0.3 is 0 Å². The number of aromatic nitrogens is 1. The Morgan fingerprint density at radius 1 is 1.16 bits per heavy atom.